The number of aliphatic carboxylic acids is 1. The van der Waals surface area contributed by atoms with Gasteiger partial charge in [-0.1, -0.05) is 38.1 Å². The maximum atomic E-state index is 14.2. The van der Waals surface area contributed by atoms with Crippen molar-refractivity contribution in [3.63, 3.8) is 0 Å². The fourth-order valence-corrected chi connectivity index (χ4v) is 6.50. The number of likely N-dealkylation sites (tertiary alicyclic amines) is 1. The van der Waals surface area contributed by atoms with Gasteiger partial charge < -0.3 is 30.2 Å². The van der Waals surface area contributed by atoms with E-state index in [1.807, 2.05) is 32.9 Å². The van der Waals surface area contributed by atoms with Crippen LogP contribution < -0.4 is 10.6 Å². The molecule has 44 heavy (non-hydrogen) atoms. The molecule has 3 aliphatic carbocycles. The summed E-state index contributed by atoms with van der Waals surface area (Å²) in [4.78, 5) is 64.7. The third-order valence-electron chi connectivity index (χ3n) is 9.16. The van der Waals surface area contributed by atoms with Crippen LogP contribution in [-0.2, 0) is 30.4 Å². The molecular formula is C32H43N5O7. The second-order valence-corrected chi connectivity index (χ2v) is 13.4. The Hall–Kier alpha value is -3.96. The molecule has 1 aromatic rings. The second kappa shape index (κ2) is 12.6. The van der Waals surface area contributed by atoms with Crippen molar-refractivity contribution >= 4 is 29.6 Å². The molecule has 1 aliphatic heterocycles. The predicted octanol–water partition coefficient (Wildman–Crippen LogP) is 3.34. The van der Waals surface area contributed by atoms with Gasteiger partial charge in [0.25, 0.3) is 0 Å². The van der Waals surface area contributed by atoms with E-state index in [-0.39, 0.29) is 25.5 Å². The number of amides is 3. The average Bonchev–Trinajstić information content (AvgIpc) is 3.27. The van der Waals surface area contributed by atoms with E-state index in [1.165, 1.54) is 11.0 Å². The topological polar surface area (TPSA) is 160 Å². The van der Waals surface area contributed by atoms with Crippen molar-refractivity contribution < 1.29 is 33.9 Å². The molecule has 12 heteroatoms. The third kappa shape index (κ3) is 6.58. The lowest BCUT2D eigenvalue weighted by Crippen LogP contribution is -2.59. The van der Waals surface area contributed by atoms with Gasteiger partial charge in [-0.15, -0.1) is 6.58 Å². The standard InChI is InChI=1S/C32H43N5O7/c1-5-20-17-32(20,29(40)41)35-27(38)24-16-22(44-36-23-14-8-10-19-11-9-15-33-25(19)23)18-37(24)28(39)26(31(2,3)4)34-30(42)43-21-12-6-7-13-21/h5,9,11,15,20-22,24,26H,1,6-8,10,12-14,16-18H2,2-4H3,(H,34,42)(H,35,38)(H,40,41)/b36-23+/t20-,22-,24+,26-,32+/m1/s1. The number of aromatic nitrogens is 1. The Morgan fingerprint density at radius 1 is 1.18 bits per heavy atom. The lowest BCUT2D eigenvalue weighted by molar-refractivity contribution is -0.146. The molecule has 1 aromatic heterocycles. The highest BCUT2D eigenvalue weighted by atomic mass is 16.6. The van der Waals surface area contributed by atoms with Crippen LogP contribution in [0.25, 0.3) is 0 Å². The van der Waals surface area contributed by atoms with Crippen LogP contribution in [0, 0.1) is 11.3 Å². The maximum absolute atomic E-state index is 14.2. The molecule has 3 fully saturated rings. The Morgan fingerprint density at radius 2 is 1.93 bits per heavy atom. The van der Waals surface area contributed by atoms with Crippen LogP contribution in [0.5, 0.6) is 0 Å². The van der Waals surface area contributed by atoms with E-state index >= 15 is 0 Å². The van der Waals surface area contributed by atoms with E-state index in [4.69, 9.17) is 9.57 Å². The predicted molar refractivity (Wildman–Crippen MR) is 161 cm³/mol. The first-order valence-electron chi connectivity index (χ1n) is 15.6. The van der Waals surface area contributed by atoms with Gasteiger partial charge >= 0.3 is 12.1 Å². The maximum Gasteiger partial charge on any atom is 0.408 e. The molecule has 238 valence electrons. The quantitative estimate of drug-likeness (QED) is 0.284. The van der Waals surface area contributed by atoms with Gasteiger partial charge in [0.05, 0.1) is 12.2 Å². The number of ether oxygens (including phenoxy) is 1. The summed E-state index contributed by atoms with van der Waals surface area (Å²) in [5.74, 6) is -2.65. The summed E-state index contributed by atoms with van der Waals surface area (Å²) in [6, 6.07) is 1.85. The summed E-state index contributed by atoms with van der Waals surface area (Å²) < 4.78 is 5.58. The first-order valence-corrected chi connectivity index (χ1v) is 15.6. The number of carboxylic acids is 1. The number of oxime groups is 1. The highest BCUT2D eigenvalue weighted by molar-refractivity contribution is 6.00. The van der Waals surface area contributed by atoms with Crippen LogP contribution in [0.15, 0.2) is 36.1 Å². The average molecular weight is 610 g/mol. The molecular weight excluding hydrogens is 566 g/mol. The number of hydrogen-bond donors (Lipinski definition) is 3. The number of nitrogens with zero attached hydrogens (tertiary/aromatic N) is 3. The number of carbonyl (C=O) groups is 4. The van der Waals surface area contributed by atoms with Crippen molar-refractivity contribution in [1.29, 1.82) is 0 Å². The molecule has 1 saturated heterocycles. The Bertz CT molecular complexity index is 1330. The Labute approximate surface area is 257 Å². The van der Waals surface area contributed by atoms with E-state index < -0.39 is 58.9 Å². The molecule has 4 aliphatic rings. The van der Waals surface area contributed by atoms with Gasteiger partial charge in [-0.2, -0.15) is 0 Å². The van der Waals surface area contributed by atoms with Crippen molar-refractivity contribution in [1.82, 2.24) is 20.5 Å². The van der Waals surface area contributed by atoms with Crippen LogP contribution in [-0.4, -0.2) is 81.0 Å². The highest BCUT2D eigenvalue weighted by Crippen LogP contribution is 2.45. The van der Waals surface area contributed by atoms with Gasteiger partial charge in [-0.05, 0) is 68.4 Å². The molecule has 0 bridgehead atoms. The van der Waals surface area contributed by atoms with E-state index in [0.717, 1.165) is 49.8 Å². The molecule has 0 unspecified atom stereocenters. The van der Waals surface area contributed by atoms with Crippen molar-refractivity contribution in [3.05, 3.63) is 42.2 Å². The van der Waals surface area contributed by atoms with Gasteiger partial charge in [0.2, 0.25) is 11.8 Å². The lowest BCUT2D eigenvalue weighted by Gasteiger charge is -2.35. The number of nitrogens with one attached hydrogen (secondary N) is 2. The van der Waals surface area contributed by atoms with Crippen LogP contribution in [0.3, 0.4) is 0 Å². The highest BCUT2D eigenvalue weighted by Gasteiger charge is 2.61. The molecule has 5 rings (SSSR count). The largest absolute Gasteiger partial charge is 0.479 e. The molecule has 12 nitrogen and oxygen atoms in total. The van der Waals surface area contributed by atoms with Crippen LogP contribution >= 0.6 is 0 Å². The third-order valence-corrected chi connectivity index (χ3v) is 9.16. The molecule has 2 heterocycles. The van der Waals surface area contributed by atoms with Gasteiger partial charge in [-0.25, -0.2) is 9.59 Å². The van der Waals surface area contributed by atoms with Crippen molar-refractivity contribution in [2.75, 3.05) is 6.54 Å². The molecule has 3 N–H and O–H groups in total. The molecule has 3 amide bonds. The first-order chi connectivity index (χ1) is 20.9. The van der Waals surface area contributed by atoms with E-state index in [9.17, 15) is 24.3 Å². The monoisotopic (exact) mass is 609 g/mol. The zero-order valence-corrected chi connectivity index (χ0v) is 25.7. The molecule has 2 saturated carbocycles. The minimum absolute atomic E-state index is 0.0274. The van der Waals surface area contributed by atoms with E-state index in [1.54, 1.807) is 6.20 Å². The number of fused-ring (bicyclic) bond motifs is 1. The van der Waals surface area contributed by atoms with Crippen molar-refractivity contribution in [2.45, 2.75) is 108 Å². The van der Waals surface area contributed by atoms with E-state index in [2.05, 4.69) is 27.4 Å². The summed E-state index contributed by atoms with van der Waals surface area (Å²) in [5, 5.41) is 19.8. The minimum Gasteiger partial charge on any atom is -0.479 e. The van der Waals surface area contributed by atoms with Gasteiger partial charge in [0.1, 0.15) is 35.5 Å². The zero-order chi connectivity index (χ0) is 31.6. The smallest absolute Gasteiger partial charge is 0.408 e. The first kappa shape index (κ1) is 31.5. The summed E-state index contributed by atoms with van der Waals surface area (Å²) in [7, 11) is 0. The van der Waals surface area contributed by atoms with Crippen molar-refractivity contribution in [3.8, 4) is 0 Å². The second-order valence-electron chi connectivity index (χ2n) is 13.4. The fourth-order valence-electron chi connectivity index (χ4n) is 6.50. The minimum atomic E-state index is -1.46. The fraction of sp³-hybridized carbons (Fsp3) is 0.625. The normalized spacial score (nSPS) is 28.1. The van der Waals surface area contributed by atoms with Gasteiger partial charge in [0.15, 0.2) is 0 Å². The van der Waals surface area contributed by atoms with Crippen LogP contribution in [0.2, 0.25) is 0 Å². The number of carboxylic acid groups (broad SMARTS) is 1. The summed E-state index contributed by atoms with van der Waals surface area (Å²) >= 11 is 0. The number of hydrogen-bond acceptors (Lipinski definition) is 8. The summed E-state index contributed by atoms with van der Waals surface area (Å²) in [5.41, 5.74) is 0.389. The van der Waals surface area contributed by atoms with Crippen molar-refractivity contribution in [2.24, 2.45) is 16.5 Å². The SMILES string of the molecule is C=C[C@@H]1C[C@@]1(NC(=O)[C@@H]1C[C@@H](O/N=C2\CCCc3cccnc32)CN1C(=O)[C@@H](NC(=O)OC1CCCC1)C(C)(C)C)C(=O)O. The Balaban J connectivity index is 1.37. The Kier molecular flexibility index (Phi) is 8.99. The molecule has 0 spiro atoms. The number of carbonyl (C=O) groups excluding carboxylic acids is 3. The number of alkyl carbamates (subject to hydrolysis) is 1. The lowest BCUT2D eigenvalue weighted by atomic mass is 9.85. The number of aryl methyl sites for hydroxylation is 1. The summed E-state index contributed by atoms with van der Waals surface area (Å²) in [6.07, 6.45) is 8.08. The molecule has 5 atom stereocenters. The van der Waals surface area contributed by atoms with Gasteiger partial charge in [-0.3, -0.25) is 14.6 Å². The number of rotatable bonds is 9. The Morgan fingerprint density at radius 3 is 2.59 bits per heavy atom. The van der Waals surface area contributed by atoms with Crippen LogP contribution in [0.1, 0.15) is 83.4 Å². The van der Waals surface area contributed by atoms with Gasteiger partial charge in [0, 0.05) is 18.5 Å². The number of pyridine rings is 1. The molecule has 0 radical (unpaired) electrons. The van der Waals surface area contributed by atoms with E-state index in [0.29, 0.717) is 12.1 Å². The zero-order valence-electron chi connectivity index (χ0n) is 25.7. The molecule has 0 aromatic carbocycles. The van der Waals surface area contributed by atoms with Crippen LogP contribution in [0.4, 0.5) is 4.79 Å². The summed E-state index contributed by atoms with van der Waals surface area (Å²) in [6.45, 7) is 9.18.